The molecule has 456 valence electrons. The Labute approximate surface area is 501 Å². The molecule has 0 aliphatic heterocycles. The van der Waals surface area contributed by atoms with Crippen LogP contribution in [-0.4, -0.2) is 52.7 Å². The van der Waals surface area contributed by atoms with Gasteiger partial charge in [0, 0.05) is 37.1 Å². The van der Waals surface area contributed by atoms with E-state index >= 15 is 0 Å². The third kappa shape index (κ3) is 30.6. The highest BCUT2D eigenvalue weighted by atomic mass is 16.5. The molecule has 0 aliphatic rings. The number of carbonyl (C=O) groups excluding carboxylic acids is 2. The Kier molecular flexibility index (Phi) is 39.0. The predicted molar refractivity (Wildman–Crippen MR) is 350 cm³/mol. The van der Waals surface area contributed by atoms with E-state index in [2.05, 4.69) is 143 Å². The summed E-state index contributed by atoms with van der Waals surface area (Å²) < 4.78 is 11.1. The van der Waals surface area contributed by atoms with Crippen LogP contribution in [0.5, 0.6) is 5.75 Å². The third-order valence-electron chi connectivity index (χ3n) is 15.5. The van der Waals surface area contributed by atoms with E-state index in [-0.39, 0.29) is 5.78 Å². The van der Waals surface area contributed by atoms with Gasteiger partial charge in [-0.15, -0.1) is 0 Å². The van der Waals surface area contributed by atoms with Gasteiger partial charge in [-0.1, -0.05) is 218 Å². The number of rotatable bonds is 37. The molecule has 0 fully saturated rings. The number of benzene rings is 5. The summed E-state index contributed by atoms with van der Waals surface area (Å²) in [6, 6.07) is 39.2. The van der Waals surface area contributed by atoms with Crippen LogP contribution in [0.3, 0.4) is 0 Å². The largest absolute Gasteiger partial charge is 0.492 e. The minimum absolute atomic E-state index is 0.214. The van der Waals surface area contributed by atoms with Crippen LogP contribution in [-0.2, 0) is 43.4 Å². The van der Waals surface area contributed by atoms with Gasteiger partial charge >= 0.3 is 0 Å². The molecule has 0 bridgehead atoms. The summed E-state index contributed by atoms with van der Waals surface area (Å²) in [4.78, 5) is 25.0. The van der Waals surface area contributed by atoms with Crippen molar-refractivity contribution in [3.8, 4) is 5.75 Å². The third-order valence-corrected chi connectivity index (χ3v) is 15.5. The van der Waals surface area contributed by atoms with Crippen LogP contribution >= 0.6 is 0 Å². The lowest BCUT2D eigenvalue weighted by Crippen LogP contribution is -2.28. The van der Waals surface area contributed by atoms with Gasteiger partial charge in [-0.25, -0.2) is 0 Å². The molecule has 0 heterocycles. The van der Waals surface area contributed by atoms with Gasteiger partial charge in [0.2, 0.25) is 0 Å². The van der Waals surface area contributed by atoms with Crippen molar-refractivity contribution in [2.45, 2.75) is 254 Å². The molecule has 5 rings (SSSR count). The van der Waals surface area contributed by atoms with Gasteiger partial charge in [0.1, 0.15) is 12.4 Å². The van der Waals surface area contributed by atoms with Gasteiger partial charge in [-0.3, -0.25) is 9.59 Å². The predicted octanol–water partition coefficient (Wildman–Crippen LogP) is 19.1. The maximum absolute atomic E-state index is 12.5. The number of hydrogen-bond acceptors (Lipinski definition) is 7. The Morgan fingerprint density at radius 2 is 0.915 bits per heavy atom. The molecule has 0 aromatic heterocycles. The zero-order valence-corrected chi connectivity index (χ0v) is 53.7. The molecular formula is C75H115NO6. The average Bonchev–Trinajstić information content (AvgIpc) is 3.58. The molecule has 5 aromatic carbocycles. The van der Waals surface area contributed by atoms with Crippen LogP contribution in [0.4, 0.5) is 0 Å². The van der Waals surface area contributed by atoms with Gasteiger partial charge < -0.3 is 25.4 Å². The fourth-order valence-corrected chi connectivity index (χ4v) is 11.0. The van der Waals surface area contributed by atoms with E-state index in [1.165, 1.54) is 95.9 Å². The molecule has 0 unspecified atom stereocenters. The number of nitrogens with two attached hydrogens (primary N) is 1. The minimum atomic E-state index is -0.516. The normalized spacial score (nSPS) is 11.3. The quantitative estimate of drug-likeness (QED) is 0.0268. The van der Waals surface area contributed by atoms with Crippen molar-refractivity contribution in [3.05, 3.63) is 171 Å². The number of hydrogen-bond donors (Lipinski definition) is 3. The van der Waals surface area contributed by atoms with E-state index in [0.717, 1.165) is 126 Å². The number of Topliss-reactive ketones (excluding diaryl/α,β-unsaturated/α-hetero) is 2. The number of ether oxygens (including phenoxy) is 2. The van der Waals surface area contributed by atoms with Crippen molar-refractivity contribution in [2.24, 2.45) is 11.7 Å². The summed E-state index contributed by atoms with van der Waals surface area (Å²) in [7, 11) is 0. The molecule has 0 aliphatic carbocycles. The number of ketones is 2. The Morgan fingerprint density at radius 3 is 1.38 bits per heavy atom. The molecule has 82 heavy (non-hydrogen) atoms. The van der Waals surface area contributed by atoms with Crippen molar-refractivity contribution in [1.82, 2.24) is 0 Å². The molecule has 0 atom stereocenters. The van der Waals surface area contributed by atoms with Crippen molar-refractivity contribution in [3.63, 3.8) is 0 Å². The topological polar surface area (TPSA) is 119 Å². The number of unbranched alkanes of at least 4 members (excludes halogenated alkanes) is 2. The molecule has 4 N–H and O–H groups in total. The standard InChI is InChI=1S/C20H24O.C19H32O2.C19H30O.C17H29NO2/c1-4-5-10-17-11-7-12-18(13-17)20(21)14-19-15(2)8-6-9-16(19)3;1-4-11-19(20,12-5-2)13-10-17-8-7-9-18(15-17)16-21-14-6-3;1-4-7-11-17-12-8-13-18(14-17)19(20)15-16(9-5-2)10-6-3;1-3-9-17(19,10-4-2)11-8-15-6-5-7-16(14-15)20-13-12-18/h6-9,11-13H,4-5,10,14H2,1-3H3;7-9,15,20H,4-6,10-14,16H2,1-3H3;8,12-14,16H,4-7,9-11,15H2,1-3H3;5-7,14,19H,3-4,8-13,18H2,1-2H3. The Hall–Kier alpha value is -4.92. The van der Waals surface area contributed by atoms with E-state index in [1.807, 2.05) is 48.5 Å². The molecule has 0 amide bonds. The second-order valence-electron chi connectivity index (χ2n) is 23.3. The fraction of sp³-hybridized carbons (Fsp3) is 0.573. The van der Waals surface area contributed by atoms with Crippen LogP contribution < -0.4 is 10.5 Å². The first kappa shape index (κ1) is 73.2. The fourth-order valence-electron chi connectivity index (χ4n) is 11.0. The van der Waals surface area contributed by atoms with Crippen molar-refractivity contribution < 1.29 is 29.3 Å². The maximum atomic E-state index is 12.5. The van der Waals surface area contributed by atoms with Gasteiger partial charge in [0.15, 0.2) is 11.6 Å². The average molecular weight is 1130 g/mol. The molecule has 0 saturated carbocycles. The van der Waals surface area contributed by atoms with Crippen LogP contribution in [0.15, 0.2) is 115 Å². The van der Waals surface area contributed by atoms with E-state index in [4.69, 9.17) is 15.2 Å². The molecule has 0 radical (unpaired) electrons. The highest BCUT2D eigenvalue weighted by Crippen LogP contribution is 2.28. The molecule has 5 aromatic rings. The van der Waals surface area contributed by atoms with Gasteiger partial charge in [0.05, 0.1) is 17.8 Å². The summed E-state index contributed by atoms with van der Waals surface area (Å²) in [5, 5.41) is 21.3. The molecular weight excluding hydrogens is 1010 g/mol. The Balaban J connectivity index is 0.000000374. The molecule has 7 nitrogen and oxygen atoms in total. The molecule has 7 heteroatoms. The second kappa shape index (κ2) is 43.7. The number of aliphatic hydroxyl groups is 2. The maximum Gasteiger partial charge on any atom is 0.167 e. The summed E-state index contributed by atoms with van der Waals surface area (Å²) in [6.07, 6.45) is 25.1. The highest BCUT2D eigenvalue weighted by molar-refractivity contribution is 5.98. The molecule has 0 spiro atoms. The van der Waals surface area contributed by atoms with E-state index < -0.39 is 11.2 Å². The SMILES string of the molecule is CCCC(O)(CCC)CCc1cccc(OCCN)c1.CCCCc1cccc(C(=O)CC(CCC)CCC)c1.CCCCc1cccc(C(=O)Cc2c(C)cccc2C)c1.CCCOCc1cccc(CCC(O)(CCC)CCC)c1. The van der Waals surface area contributed by atoms with Gasteiger partial charge in [-0.2, -0.15) is 0 Å². The van der Waals surface area contributed by atoms with Gasteiger partial charge in [-0.05, 0) is 172 Å². The van der Waals surface area contributed by atoms with Crippen molar-refractivity contribution >= 4 is 11.6 Å². The summed E-state index contributed by atoms with van der Waals surface area (Å²) >= 11 is 0. The Bertz CT molecular complexity index is 2420. The summed E-state index contributed by atoms with van der Waals surface area (Å²) in [5.41, 5.74) is 16.1. The van der Waals surface area contributed by atoms with E-state index in [1.54, 1.807) is 0 Å². The second-order valence-corrected chi connectivity index (χ2v) is 23.3. The zero-order valence-electron chi connectivity index (χ0n) is 53.7. The van der Waals surface area contributed by atoms with Crippen molar-refractivity contribution in [2.75, 3.05) is 19.8 Å². The highest BCUT2D eigenvalue weighted by Gasteiger charge is 2.25. The first-order valence-electron chi connectivity index (χ1n) is 32.4. The van der Waals surface area contributed by atoms with Gasteiger partial charge in [0.25, 0.3) is 0 Å². The van der Waals surface area contributed by atoms with Crippen LogP contribution in [0.2, 0.25) is 0 Å². The first-order chi connectivity index (χ1) is 39.6. The van der Waals surface area contributed by atoms with E-state index in [9.17, 15) is 19.8 Å². The number of aryl methyl sites for hydroxylation is 6. The van der Waals surface area contributed by atoms with Crippen LogP contribution in [0, 0.1) is 19.8 Å². The van der Waals surface area contributed by atoms with Crippen LogP contribution in [0.1, 0.15) is 256 Å². The minimum Gasteiger partial charge on any atom is -0.492 e. The van der Waals surface area contributed by atoms with E-state index in [0.29, 0.717) is 37.9 Å². The lowest BCUT2D eigenvalue weighted by atomic mass is 9.86. The zero-order chi connectivity index (χ0) is 60.4. The van der Waals surface area contributed by atoms with Crippen molar-refractivity contribution in [1.29, 1.82) is 0 Å². The lowest BCUT2D eigenvalue weighted by Gasteiger charge is -2.27. The molecule has 0 saturated heterocycles. The monoisotopic (exact) mass is 1130 g/mol. The van der Waals surface area contributed by atoms with Crippen LogP contribution in [0.25, 0.3) is 0 Å². The number of carbonyl (C=O) groups is 2. The summed E-state index contributed by atoms with van der Waals surface area (Å²) in [5.74, 6) is 1.97. The smallest absolute Gasteiger partial charge is 0.167 e. The Morgan fingerprint density at radius 1 is 0.476 bits per heavy atom. The lowest BCUT2D eigenvalue weighted by molar-refractivity contribution is 0.0127. The summed E-state index contributed by atoms with van der Waals surface area (Å²) in [6.45, 7) is 26.2. The first-order valence-corrected chi connectivity index (χ1v) is 32.4.